The number of carbonyl (C=O) groups is 5. The largest absolute Gasteiger partial charge is 0.445 e. The molecule has 0 radical (unpaired) electrons. The van der Waals surface area contributed by atoms with Crippen LogP contribution in [0, 0.1) is 11.7 Å². The second-order valence-corrected chi connectivity index (χ2v) is 14.4. The van der Waals surface area contributed by atoms with Crippen LogP contribution in [0.5, 0.6) is 0 Å². The first kappa shape index (κ1) is 40.0. The van der Waals surface area contributed by atoms with Gasteiger partial charge in [0.15, 0.2) is 11.4 Å². The highest BCUT2D eigenvalue weighted by Gasteiger charge is 2.45. The first-order valence-corrected chi connectivity index (χ1v) is 19.3. The number of para-hydroxylation sites is 2. The van der Waals surface area contributed by atoms with Crippen LogP contribution in [0.4, 0.5) is 14.0 Å². The lowest BCUT2D eigenvalue weighted by Gasteiger charge is -2.29. The molecule has 0 unspecified atom stereocenters. The third kappa shape index (κ3) is 10.4. The summed E-state index contributed by atoms with van der Waals surface area (Å²) >= 11 is 0. The maximum Gasteiger partial charge on any atom is 0.410 e. The van der Waals surface area contributed by atoms with E-state index >= 15 is 4.39 Å². The SMILES string of the molecule is NCCCC[C@H](CC(=O)[C@@H]1C[C@@H](OC(=O)N2CCCCC2)CN1C(=O)[C@@H](Cc1ccccc1F)NC(=O)OCc1ccccc1)C(=O)c1nc2ccccc2o1. The summed E-state index contributed by atoms with van der Waals surface area (Å²) < 4.78 is 32.1. The smallest absolute Gasteiger partial charge is 0.410 e. The van der Waals surface area contributed by atoms with E-state index in [9.17, 15) is 24.0 Å². The molecule has 3 heterocycles. The number of hydrogen-bond donors (Lipinski definition) is 2. The minimum atomic E-state index is -1.36. The van der Waals surface area contributed by atoms with Crippen molar-refractivity contribution >= 4 is 40.8 Å². The van der Waals surface area contributed by atoms with Gasteiger partial charge in [-0.15, -0.1) is 0 Å². The number of fused-ring (bicyclic) bond motifs is 1. The molecule has 0 saturated carbocycles. The quantitative estimate of drug-likeness (QED) is 0.102. The van der Waals surface area contributed by atoms with Crippen LogP contribution in [0.2, 0.25) is 0 Å². The van der Waals surface area contributed by atoms with Crippen LogP contribution in [0.25, 0.3) is 11.1 Å². The van der Waals surface area contributed by atoms with Crippen LogP contribution in [-0.4, -0.2) is 88.8 Å². The van der Waals surface area contributed by atoms with Gasteiger partial charge in [-0.3, -0.25) is 14.4 Å². The number of Topliss-reactive ketones (excluding diaryl/α,β-unsaturated/α-hetero) is 2. The number of unbranched alkanes of at least 4 members (excludes halogenated alkanes) is 1. The lowest BCUT2D eigenvalue weighted by Crippen LogP contribution is -2.53. The summed E-state index contributed by atoms with van der Waals surface area (Å²) in [5.74, 6) is -3.11. The summed E-state index contributed by atoms with van der Waals surface area (Å²) in [6.07, 6.45) is 1.35. The van der Waals surface area contributed by atoms with Crippen molar-refractivity contribution < 1.29 is 42.3 Å². The van der Waals surface area contributed by atoms with E-state index in [0.717, 1.165) is 24.8 Å². The number of nitrogens with zero attached hydrogens (tertiary/aromatic N) is 3. The predicted octanol–water partition coefficient (Wildman–Crippen LogP) is 5.98. The maximum atomic E-state index is 15.0. The molecule has 0 spiro atoms. The van der Waals surface area contributed by atoms with E-state index < -0.39 is 59.6 Å². The number of piperidine rings is 1. The number of likely N-dealkylation sites (tertiary alicyclic amines) is 2. The van der Waals surface area contributed by atoms with Gasteiger partial charge < -0.3 is 34.7 Å². The molecule has 6 rings (SSSR count). The second-order valence-electron chi connectivity index (χ2n) is 14.4. The molecule has 1 aromatic heterocycles. The molecule has 2 aliphatic heterocycles. The summed E-state index contributed by atoms with van der Waals surface area (Å²) in [5.41, 5.74) is 7.57. The number of nitrogens with two attached hydrogens (primary N) is 1. The molecule has 0 aliphatic carbocycles. The Kier molecular flexibility index (Phi) is 13.8. The molecule has 3 N–H and O–H groups in total. The van der Waals surface area contributed by atoms with Crippen molar-refractivity contribution in [1.82, 2.24) is 20.1 Å². The van der Waals surface area contributed by atoms with Gasteiger partial charge in [-0.25, -0.2) is 19.0 Å². The van der Waals surface area contributed by atoms with Crippen molar-refractivity contribution in [3.63, 3.8) is 0 Å². The zero-order valence-corrected chi connectivity index (χ0v) is 31.3. The number of oxazole rings is 1. The molecule has 3 aromatic carbocycles. The minimum absolute atomic E-state index is 0.0262. The Bertz CT molecular complexity index is 1950. The van der Waals surface area contributed by atoms with Gasteiger partial charge >= 0.3 is 12.2 Å². The highest BCUT2D eigenvalue weighted by molar-refractivity contribution is 6.00. The highest BCUT2D eigenvalue weighted by atomic mass is 19.1. The van der Waals surface area contributed by atoms with Crippen molar-refractivity contribution in [2.75, 3.05) is 26.2 Å². The van der Waals surface area contributed by atoms with Gasteiger partial charge in [-0.05, 0) is 68.0 Å². The Morgan fingerprint density at radius 1 is 0.929 bits per heavy atom. The van der Waals surface area contributed by atoms with Gasteiger partial charge in [0.2, 0.25) is 11.7 Å². The van der Waals surface area contributed by atoms with Crippen molar-refractivity contribution in [3.05, 3.63) is 102 Å². The van der Waals surface area contributed by atoms with E-state index in [-0.39, 0.29) is 43.9 Å². The molecular weight excluding hydrogens is 721 g/mol. The third-order valence-corrected chi connectivity index (χ3v) is 10.3. The molecule has 4 aromatic rings. The number of ketones is 2. The zero-order valence-electron chi connectivity index (χ0n) is 31.3. The fraction of sp³-hybridized carbons (Fsp3) is 0.429. The molecule has 0 bridgehead atoms. The first-order chi connectivity index (χ1) is 27.2. The first-order valence-electron chi connectivity index (χ1n) is 19.3. The lowest BCUT2D eigenvalue weighted by atomic mass is 9.89. The van der Waals surface area contributed by atoms with E-state index in [4.69, 9.17) is 19.6 Å². The number of carbonyl (C=O) groups excluding carboxylic acids is 5. The number of aromatic nitrogens is 1. The van der Waals surface area contributed by atoms with E-state index in [1.165, 1.54) is 23.1 Å². The summed E-state index contributed by atoms with van der Waals surface area (Å²) in [7, 11) is 0. The molecule has 13 nitrogen and oxygen atoms in total. The van der Waals surface area contributed by atoms with E-state index in [1.54, 1.807) is 59.5 Å². The van der Waals surface area contributed by atoms with E-state index in [2.05, 4.69) is 10.3 Å². The fourth-order valence-corrected chi connectivity index (χ4v) is 7.31. The molecule has 3 amide bonds. The average molecular weight is 770 g/mol. The van der Waals surface area contributed by atoms with Gasteiger partial charge in [-0.2, -0.15) is 0 Å². The Morgan fingerprint density at radius 3 is 2.41 bits per heavy atom. The molecule has 56 heavy (non-hydrogen) atoms. The number of nitrogens with one attached hydrogen (secondary N) is 1. The minimum Gasteiger partial charge on any atom is -0.445 e. The number of alkyl carbamates (subject to hydrolysis) is 1. The molecule has 2 aliphatic rings. The monoisotopic (exact) mass is 769 g/mol. The Labute approximate surface area is 324 Å². The fourth-order valence-electron chi connectivity index (χ4n) is 7.31. The lowest BCUT2D eigenvalue weighted by molar-refractivity contribution is -0.139. The molecular formula is C42H48FN5O8. The third-order valence-electron chi connectivity index (χ3n) is 10.3. The van der Waals surface area contributed by atoms with Crippen LogP contribution in [0.15, 0.2) is 83.3 Å². The number of rotatable bonds is 16. The van der Waals surface area contributed by atoms with Crippen LogP contribution >= 0.6 is 0 Å². The standard InChI is InChI=1S/C42H48FN5O8/c43-32-17-6-5-15-29(32)23-34(46-41(52)54-27-28-13-3-1-4-14-28)40(51)48-26-31(55-42(53)47-21-11-2-12-22-47)25-35(48)36(49)24-30(16-9-10-20-44)38(50)39-45-33-18-7-8-19-37(33)56-39/h1,3-8,13-15,17-19,30-31,34-35H,2,9-12,16,20-27,44H2,(H,46,52)/t30-,31-,34-,35+/m1/s1. The van der Waals surface area contributed by atoms with Crippen LogP contribution in [0.3, 0.4) is 0 Å². The summed E-state index contributed by atoms with van der Waals surface area (Å²) in [6.45, 7) is 1.25. The Morgan fingerprint density at radius 2 is 1.66 bits per heavy atom. The number of halogens is 1. The Hall–Kier alpha value is -5.63. The van der Waals surface area contributed by atoms with E-state index in [1.807, 2.05) is 6.07 Å². The number of ether oxygens (including phenoxy) is 2. The summed E-state index contributed by atoms with van der Waals surface area (Å²) in [4.78, 5) is 76.6. The van der Waals surface area contributed by atoms with Crippen molar-refractivity contribution in [2.45, 2.75) is 82.6 Å². The molecule has 2 fully saturated rings. The van der Waals surface area contributed by atoms with Gasteiger partial charge in [0, 0.05) is 38.3 Å². The van der Waals surface area contributed by atoms with Crippen LogP contribution in [0.1, 0.15) is 73.2 Å². The maximum absolute atomic E-state index is 15.0. The van der Waals surface area contributed by atoms with Gasteiger partial charge in [0.05, 0.1) is 12.6 Å². The second kappa shape index (κ2) is 19.3. The normalized spacial score (nSPS) is 18.0. The Balaban J connectivity index is 1.25. The van der Waals surface area contributed by atoms with Crippen molar-refractivity contribution in [1.29, 1.82) is 0 Å². The van der Waals surface area contributed by atoms with Gasteiger partial charge in [0.1, 0.15) is 30.1 Å². The van der Waals surface area contributed by atoms with Crippen LogP contribution in [-0.2, 0) is 32.1 Å². The number of hydrogen-bond acceptors (Lipinski definition) is 10. The predicted molar refractivity (Wildman–Crippen MR) is 204 cm³/mol. The number of benzene rings is 3. The summed E-state index contributed by atoms with van der Waals surface area (Å²) in [5, 5.41) is 2.60. The number of amides is 3. The molecule has 2 saturated heterocycles. The highest BCUT2D eigenvalue weighted by Crippen LogP contribution is 2.29. The molecule has 14 heteroatoms. The van der Waals surface area contributed by atoms with Crippen LogP contribution < -0.4 is 11.1 Å². The summed E-state index contributed by atoms with van der Waals surface area (Å²) in [6, 6.07) is 19.3. The van der Waals surface area contributed by atoms with Gasteiger partial charge in [-0.1, -0.05) is 67.1 Å². The topological polar surface area (TPSA) is 174 Å². The average Bonchev–Trinajstić information content (AvgIpc) is 3.85. The van der Waals surface area contributed by atoms with Gasteiger partial charge in [0.25, 0.3) is 5.89 Å². The zero-order chi connectivity index (χ0) is 39.4. The van der Waals surface area contributed by atoms with Crippen molar-refractivity contribution in [3.8, 4) is 0 Å². The van der Waals surface area contributed by atoms with E-state index in [0.29, 0.717) is 50.0 Å². The molecule has 4 atom stereocenters. The molecule has 296 valence electrons. The van der Waals surface area contributed by atoms with Crippen molar-refractivity contribution in [2.24, 2.45) is 11.7 Å².